The van der Waals surface area contributed by atoms with Gasteiger partial charge in [-0.25, -0.2) is 0 Å². The third-order valence-corrected chi connectivity index (χ3v) is 3.41. The lowest BCUT2D eigenvalue weighted by Crippen LogP contribution is -2.39. The molecule has 1 aliphatic carbocycles. The van der Waals surface area contributed by atoms with Gasteiger partial charge in [-0.15, -0.1) is 6.58 Å². The molecular formula is C15H21NO. The van der Waals surface area contributed by atoms with E-state index in [0.717, 1.165) is 13.1 Å². The molecule has 0 spiro atoms. The molecule has 17 heavy (non-hydrogen) atoms. The normalized spacial score (nSPS) is 17.1. The molecule has 1 fully saturated rings. The van der Waals surface area contributed by atoms with E-state index in [1.165, 1.54) is 18.4 Å². The summed E-state index contributed by atoms with van der Waals surface area (Å²) in [5, 5.41) is 9.54. The van der Waals surface area contributed by atoms with Gasteiger partial charge in [-0.3, -0.25) is 4.90 Å². The summed E-state index contributed by atoms with van der Waals surface area (Å²) < 4.78 is 0. The molecule has 1 saturated carbocycles. The van der Waals surface area contributed by atoms with Crippen LogP contribution in [-0.2, 0) is 6.54 Å². The van der Waals surface area contributed by atoms with Crippen molar-refractivity contribution in [1.29, 1.82) is 0 Å². The van der Waals surface area contributed by atoms with Gasteiger partial charge < -0.3 is 5.11 Å². The van der Waals surface area contributed by atoms with E-state index >= 15 is 0 Å². The maximum atomic E-state index is 9.54. The first-order chi connectivity index (χ1) is 8.35. The molecule has 0 saturated heterocycles. The van der Waals surface area contributed by atoms with Crippen LogP contribution >= 0.6 is 0 Å². The van der Waals surface area contributed by atoms with Gasteiger partial charge in [-0.05, 0) is 24.3 Å². The third-order valence-electron chi connectivity index (χ3n) is 3.41. The highest BCUT2D eigenvalue weighted by molar-refractivity contribution is 5.15. The summed E-state index contributed by atoms with van der Waals surface area (Å²) in [5.41, 5.74) is 1.30. The van der Waals surface area contributed by atoms with E-state index in [1.807, 2.05) is 12.1 Å². The minimum absolute atomic E-state index is 0.255. The standard InChI is InChI=1S/C15H21NO/c1-2-10-16(15(12-17)14-8-9-14)11-13-6-4-3-5-7-13/h2-7,14-15,17H,1,8-12H2. The molecule has 1 aromatic rings. The maximum Gasteiger partial charge on any atom is 0.0589 e. The maximum absolute atomic E-state index is 9.54. The molecule has 0 aromatic heterocycles. The van der Waals surface area contributed by atoms with Crippen LogP contribution in [0.5, 0.6) is 0 Å². The summed E-state index contributed by atoms with van der Waals surface area (Å²) >= 11 is 0. The number of hydrogen-bond acceptors (Lipinski definition) is 2. The second-order valence-corrected chi connectivity index (χ2v) is 4.79. The third kappa shape index (κ3) is 3.42. The molecule has 2 nitrogen and oxygen atoms in total. The molecule has 2 heteroatoms. The number of nitrogens with zero attached hydrogens (tertiary/aromatic N) is 1. The minimum atomic E-state index is 0.255. The van der Waals surface area contributed by atoms with Gasteiger partial charge in [0.1, 0.15) is 0 Å². The van der Waals surface area contributed by atoms with Crippen LogP contribution in [0.1, 0.15) is 18.4 Å². The Hall–Kier alpha value is -1.12. The van der Waals surface area contributed by atoms with Crippen molar-refractivity contribution in [2.45, 2.75) is 25.4 Å². The highest BCUT2D eigenvalue weighted by atomic mass is 16.3. The summed E-state index contributed by atoms with van der Waals surface area (Å²) in [5.74, 6) is 0.684. The Morgan fingerprint density at radius 3 is 2.59 bits per heavy atom. The average molecular weight is 231 g/mol. The van der Waals surface area contributed by atoms with Gasteiger partial charge in [-0.1, -0.05) is 36.4 Å². The fraction of sp³-hybridized carbons (Fsp3) is 0.467. The van der Waals surface area contributed by atoms with Gasteiger partial charge in [-0.2, -0.15) is 0 Å². The molecular weight excluding hydrogens is 210 g/mol. The summed E-state index contributed by atoms with van der Waals surface area (Å²) in [6, 6.07) is 10.7. The van der Waals surface area contributed by atoms with Gasteiger partial charge in [0.2, 0.25) is 0 Å². The molecule has 0 heterocycles. The van der Waals surface area contributed by atoms with Crippen molar-refractivity contribution < 1.29 is 5.11 Å². The highest BCUT2D eigenvalue weighted by Crippen LogP contribution is 2.35. The number of aliphatic hydroxyl groups is 1. The van der Waals surface area contributed by atoms with Gasteiger partial charge in [0.25, 0.3) is 0 Å². The van der Waals surface area contributed by atoms with Crippen LogP contribution in [0.3, 0.4) is 0 Å². The van der Waals surface area contributed by atoms with Crippen LogP contribution in [0, 0.1) is 5.92 Å². The van der Waals surface area contributed by atoms with E-state index in [4.69, 9.17) is 0 Å². The van der Waals surface area contributed by atoms with Crippen LogP contribution in [0.2, 0.25) is 0 Å². The van der Waals surface area contributed by atoms with Crippen LogP contribution in [0.15, 0.2) is 43.0 Å². The smallest absolute Gasteiger partial charge is 0.0589 e. The van der Waals surface area contributed by atoms with Crippen molar-refractivity contribution in [2.24, 2.45) is 5.92 Å². The molecule has 1 atom stereocenters. The lowest BCUT2D eigenvalue weighted by Gasteiger charge is -2.29. The molecule has 1 N–H and O–H groups in total. The number of hydrogen-bond donors (Lipinski definition) is 1. The van der Waals surface area contributed by atoms with E-state index in [2.05, 4.69) is 35.7 Å². The summed E-state index contributed by atoms with van der Waals surface area (Å²) in [7, 11) is 0. The first-order valence-corrected chi connectivity index (χ1v) is 6.35. The topological polar surface area (TPSA) is 23.5 Å². The molecule has 0 aliphatic heterocycles. The minimum Gasteiger partial charge on any atom is -0.395 e. The average Bonchev–Trinajstić information content (AvgIpc) is 3.16. The van der Waals surface area contributed by atoms with Crippen LogP contribution in [-0.4, -0.2) is 29.2 Å². The van der Waals surface area contributed by atoms with E-state index in [0.29, 0.717) is 12.0 Å². The van der Waals surface area contributed by atoms with Crippen LogP contribution in [0.25, 0.3) is 0 Å². The van der Waals surface area contributed by atoms with Gasteiger partial charge in [0, 0.05) is 19.1 Å². The van der Waals surface area contributed by atoms with E-state index in [9.17, 15) is 5.11 Å². The number of aliphatic hydroxyl groups excluding tert-OH is 1. The lowest BCUT2D eigenvalue weighted by molar-refractivity contribution is 0.112. The van der Waals surface area contributed by atoms with E-state index < -0.39 is 0 Å². The second-order valence-electron chi connectivity index (χ2n) is 4.79. The first-order valence-electron chi connectivity index (χ1n) is 6.35. The zero-order chi connectivity index (χ0) is 12.1. The Balaban J connectivity index is 2.03. The predicted molar refractivity (Wildman–Crippen MR) is 70.6 cm³/mol. The molecule has 2 rings (SSSR count). The van der Waals surface area contributed by atoms with Crippen molar-refractivity contribution in [2.75, 3.05) is 13.2 Å². The van der Waals surface area contributed by atoms with Gasteiger partial charge >= 0.3 is 0 Å². The molecule has 0 bridgehead atoms. The molecule has 1 aliphatic rings. The lowest BCUT2D eigenvalue weighted by atomic mass is 10.1. The summed E-state index contributed by atoms with van der Waals surface area (Å²) in [6.45, 7) is 5.81. The Kier molecular flexibility index (Phi) is 4.35. The van der Waals surface area contributed by atoms with Crippen molar-refractivity contribution in [3.63, 3.8) is 0 Å². The molecule has 1 aromatic carbocycles. The highest BCUT2D eigenvalue weighted by Gasteiger charge is 2.34. The van der Waals surface area contributed by atoms with Crippen LogP contribution in [0.4, 0.5) is 0 Å². The quantitative estimate of drug-likeness (QED) is 0.729. The summed E-state index contributed by atoms with van der Waals surface area (Å²) in [6.07, 6.45) is 4.44. The number of rotatable bonds is 7. The summed E-state index contributed by atoms with van der Waals surface area (Å²) in [4.78, 5) is 2.33. The van der Waals surface area contributed by atoms with E-state index in [-0.39, 0.29) is 6.61 Å². The van der Waals surface area contributed by atoms with Crippen molar-refractivity contribution >= 4 is 0 Å². The molecule has 0 radical (unpaired) electrons. The first kappa shape index (κ1) is 12.3. The van der Waals surface area contributed by atoms with E-state index in [1.54, 1.807) is 0 Å². The van der Waals surface area contributed by atoms with Crippen molar-refractivity contribution in [3.05, 3.63) is 48.6 Å². The van der Waals surface area contributed by atoms with Gasteiger partial charge in [0.05, 0.1) is 6.61 Å². The predicted octanol–water partition coefficient (Wildman–Crippen LogP) is 2.45. The monoisotopic (exact) mass is 231 g/mol. The molecule has 0 amide bonds. The van der Waals surface area contributed by atoms with Crippen molar-refractivity contribution in [3.8, 4) is 0 Å². The van der Waals surface area contributed by atoms with Gasteiger partial charge in [0.15, 0.2) is 0 Å². The largest absolute Gasteiger partial charge is 0.395 e. The van der Waals surface area contributed by atoms with Crippen LogP contribution < -0.4 is 0 Å². The molecule has 1 unspecified atom stereocenters. The second kappa shape index (κ2) is 5.99. The number of benzene rings is 1. The van der Waals surface area contributed by atoms with Crippen molar-refractivity contribution in [1.82, 2.24) is 4.90 Å². The Bertz CT molecular complexity index is 345. The Morgan fingerprint density at radius 1 is 1.35 bits per heavy atom. The zero-order valence-electron chi connectivity index (χ0n) is 10.3. The molecule has 92 valence electrons. The Labute approximate surface area is 104 Å². The SMILES string of the molecule is C=CCN(Cc1ccccc1)C(CO)C1CC1. The fourth-order valence-corrected chi connectivity index (χ4v) is 2.34. The Morgan fingerprint density at radius 2 is 2.06 bits per heavy atom. The zero-order valence-corrected chi connectivity index (χ0v) is 10.3. The fourth-order valence-electron chi connectivity index (χ4n) is 2.34.